The summed E-state index contributed by atoms with van der Waals surface area (Å²) in [4.78, 5) is 2.46. The maximum absolute atomic E-state index is 3.71. The second-order valence-electron chi connectivity index (χ2n) is 5.62. The Morgan fingerprint density at radius 3 is 2.37 bits per heavy atom. The number of nitrogens with one attached hydrogen (secondary N) is 1. The minimum atomic E-state index is 0.523. The van der Waals surface area contributed by atoms with Gasteiger partial charge in [0.15, 0.2) is 0 Å². The number of rotatable bonds is 7. The lowest BCUT2D eigenvalue weighted by molar-refractivity contribution is 0.224. The molecule has 0 saturated carbocycles. The zero-order valence-electron chi connectivity index (χ0n) is 12.8. The summed E-state index contributed by atoms with van der Waals surface area (Å²) in [6.07, 6.45) is 0. The first kappa shape index (κ1) is 16.7. The van der Waals surface area contributed by atoms with Crippen molar-refractivity contribution in [2.75, 3.05) is 6.54 Å². The van der Waals surface area contributed by atoms with Crippen LogP contribution in [0, 0.1) is 0 Å². The molecule has 3 heteroatoms. The van der Waals surface area contributed by atoms with E-state index >= 15 is 0 Å². The van der Waals surface area contributed by atoms with E-state index in [-0.39, 0.29) is 0 Å². The van der Waals surface area contributed by atoms with Gasteiger partial charge in [0, 0.05) is 29.6 Å². The van der Waals surface area contributed by atoms with E-state index in [1.54, 1.807) is 0 Å². The number of hydrogen-bond acceptors (Lipinski definition) is 2. The largest absolute Gasteiger partial charge is 0.310 e. The second-order valence-corrected chi connectivity index (χ2v) is 6.47. The Morgan fingerprint density at radius 2 is 1.89 bits per heavy atom. The molecule has 0 bridgehead atoms. The van der Waals surface area contributed by atoms with E-state index in [0.29, 0.717) is 12.1 Å². The monoisotopic (exact) mass is 326 g/mol. The Bertz CT molecular complexity index is 388. The van der Waals surface area contributed by atoms with Crippen LogP contribution in [0.25, 0.3) is 0 Å². The van der Waals surface area contributed by atoms with Crippen LogP contribution in [0.1, 0.15) is 45.7 Å². The highest BCUT2D eigenvalue weighted by Gasteiger charge is 2.10. The molecule has 0 heterocycles. The molecule has 0 spiro atoms. The highest BCUT2D eigenvalue weighted by molar-refractivity contribution is 9.10. The van der Waals surface area contributed by atoms with Gasteiger partial charge in [0.2, 0.25) is 0 Å². The smallest absolute Gasteiger partial charge is 0.0247 e. The predicted molar refractivity (Wildman–Crippen MR) is 87.3 cm³/mol. The second kappa shape index (κ2) is 8.03. The van der Waals surface area contributed by atoms with Gasteiger partial charge in [0.1, 0.15) is 0 Å². The Morgan fingerprint density at radius 1 is 1.21 bits per heavy atom. The third-order valence-corrected chi connectivity index (χ3v) is 4.08. The topological polar surface area (TPSA) is 15.3 Å². The van der Waals surface area contributed by atoms with E-state index in [1.807, 2.05) is 0 Å². The van der Waals surface area contributed by atoms with Crippen molar-refractivity contribution in [1.29, 1.82) is 0 Å². The van der Waals surface area contributed by atoms with Crippen LogP contribution in [-0.4, -0.2) is 23.5 Å². The molecule has 1 N–H and O–H groups in total. The molecule has 0 aliphatic carbocycles. The molecular formula is C16H27BrN2. The maximum atomic E-state index is 3.71. The molecule has 0 aromatic heterocycles. The number of benzene rings is 1. The van der Waals surface area contributed by atoms with Gasteiger partial charge in [-0.25, -0.2) is 0 Å². The van der Waals surface area contributed by atoms with Gasteiger partial charge in [0.25, 0.3) is 0 Å². The third-order valence-electron chi connectivity index (χ3n) is 3.34. The molecule has 108 valence electrons. The first-order valence-electron chi connectivity index (χ1n) is 7.18. The van der Waals surface area contributed by atoms with Crippen LogP contribution in [0.5, 0.6) is 0 Å². The highest BCUT2D eigenvalue weighted by atomic mass is 79.9. The molecular weight excluding hydrogens is 300 g/mol. The number of hydrogen-bond donors (Lipinski definition) is 1. The lowest BCUT2D eigenvalue weighted by Crippen LogP contribution is -2.30. The molecule has 2 nitrogen and oxygen atoms in total. The van der Waals surface area contributed by atoms with Crippen molar-refractivity contribution in [3.63, 3.8) is 0 Å². The summed E-state index contributed by atoms with van der Waals surface area (Å²) < 4.78 is 1.22. The van der Waals surface area contributed by atoms with Crippen molar-refractivity contribution in [3.05, 3.63) is 33.8 Å². The van der Waals surface area contributed by atoms with Crippen LogP contribution in [0.2, 0.25) is 0 Å². The first-order valence-corrected chi connectivity index (χ1v) is 7.98. The summed E-state index contributed by atoms with van der Waals surface area (Å²) in [6, 6.07) is 7.81. The van der Waals surface area contributed by atoms with Gasteiger partial charge in [-0.05, 0) is 37.6 Å². The van der Waals surface area contributed by atoms with E-state index in [9.17, 15) is 0 Å². The van der Waals surface area contributed by atoms with E-state index in [2.05, 4.69) is 79.0 Å². The Hall–Kier alpha value is -0.380. The molecule has 0 unspecified atom stereocenters. The standard InChI is InChI=1S/C16H27BrN2/c1-6-19(13(4)5)11-15-8-7-14(9-16(15)17)10-18-12(2)3/h7-9,12-13,18H,6,10-11H2,1-5H3. The number of nitrogens with zero attached hydrogens (tertiary/aromatic N) is 1. The van der Waals surface area contributed by atoms with E-state index in [0.717, 1.165) is 19.6 Å². The van der Waals surface area contributed by atoms with Crippen molar-refractivity contribution in [2.24, 2.45) is 0 Å². The van der Waals surface area contributed by atoms with E-state index < -0.39 is 0 Å². The summed E-state index contributed by atoms with van der Waals surface area (Å²) >= 11 is 3.71. The molecule has 0 saturated heterocycles. The van der Waals surface area contributed by atoms with Crippen molar-refractivity contribution in [1.82, 2.24) is 10.2 Å². The highest BCUT2D eigenvalue weighted by Crippen LogP contribution is 2.21. The minimum absolute atomic E-state index is 0.523. The SMILES string of the molecule is CCN(Cc1ccc(CNC(C)C)cc1Br)C(C)C. The summed E-state index contributed by atoms with van der Waals surface area (Å²) in [5, 5.41) is 3.45. The van der Waals surface area contributed by atoms with Crippen LogP contribution < -0.4 is 5.32 Å². The summed E-state index contributed by atoms with van der Waals surface area (Å²) in [5.41, 5.74) is 2.70. The van der Waals surface area contributed by atoms with Crippen molar-refractivity contribution < 1.29 is 0 Å². The van der Waals surface area contributed by atoms with E-state index in [4.69, 9.17) is 0 Å². The molecule has 0 atom stereocenters. The molecule has 1 aromatic rings. The summed E-state index contributed by atoms with van der Waals surface area (Å²) in [6.45, 7) is 14.1. The molecule has 0 fully saturated rings. The fourth-order valence-corrected chi connectivity index (χ4v) is 2.58. The number of halogens is 1. The fraction of sp³-hybridized carbons (Fsp3) is 0.625. The first-order chi connectivity index (χ1) is 8.93. The Labute approximate surface area is 126 Å². The molecule has 0 aliphatic heterocycles. The lowest BCUT2D eigenvalue weighted by atomic mass is 10.1. The van der Waals surface area contributed by atoms with Crippen LogP contribution >= 0.6 is 15.9 Å². The van der Waals surface area contributed by atoms with Crippen molar-refractivity contribution >= 4 is 15.9 Å². The van der Waals surface area contributed by atoms with Crippen LogP contribution in [0.15, 0.2) is 22.7 Å². The van der Waals surface area contributed by atoms with Crippen molar-refractivity contribution in [2.45, 2.75) is 59.8 Å². The summed E-state index contributed by atoms with van der Waals surface area (Å²) in [5.74, 6) is 0. The zero-order chi connectivity index (χ0) is 14.4. The van der Waals surface area contributed by atoms with Crippen LogP contribution in [0.4, 0.5) is 0 Å². The molecule has 19 heavy (non-hydrogen) atoms. The summed E-state index contributed by atoms with van der Waals surface area (Å²) in [7, 11) is 0. The molecule has 1 aromatic carbocycles. The van der Waals surface area contributed by atoms with Gasteiger partial charge in [-0.3, -0.25) is 4.90 Å². The van der Waals surface area contributed by atoms with Gasteiger partial charge in [-0.15, -0.1) is 0 Å². The van der Waals surface area contributed by atoms with Gasteiger partial charge in [-0.2, -0.15) is 0 Å². The zero-order valence-corrected chi connectivity index (χ0v) is 14.4. The molecule has 0 radical (unpaired) electrons. The van der Waals surface area contributed by atoms with Gasteiger partial charge in [-0.1, -0.05) is 48.8 Å². The Balaban J connectivity index is 2.71. The van der Waals surface area contributed by atoms with Crippen LogP contribution in [-0.2, 0) is 13.1 Å². The van der Waals surface area contributed by atoms with Gasteiger partial charge in [0.05, 0.1) is 0 Å². The minimum Gasteiger partial charge on any atom is -0.310 e. The average Bonchev–Trinajstić information content (AvgIpc) is 2.34. The average molecular weight is 327 g/mol. The maximum Gasteiger partial charge on any atom is 0.0247 e. The quantitative estimate of drug-likeness (QED) is 0.808. The van der Waals surface area contributed by atoms with Gasteiger partial charge < -0.3 is 5.32 Å². The van der Waals surface area contributed by atoms with Crippen LogP contribution in [0.3, 0.4) is 0 Å². The molecule has 0 amide bonds. The molecule has 1 rings (SSSR count). The normalized spacial score (nSPS) is 11.8. The lowest BCUT2D eigenvalue weighted by Gasteiger charge is -2.25. The fourth-order valence-electron chi connectivity index (χ4n) is 2.03. The Kier molecular flexibility index (Phi) is 7.05. The van der Waals surface area contributed by atoms with Crippen molar-refractivity contribution in [3.8, 4) is 0 Å². The third kappa shape index (κ3) is 5.64. The van der Waals surface area contributed by atoms with E-state index in [1.165, 1.54) is 15.6 Å². The predicted octanol–water partition coefficient (Wildman–Crippen LogP) is 4.18. The molecule has 0 aliphatic rings. The van der Waals surface area contributed by atoms with Gasteiger partial charge >= 0.3 is 0 Å².